The molecule has 3 aliphatic heterocycles. The zero-order chi connectivity index (χ0) is 102. The predicted molar refractivity (Wildman–Crippen MR) is 526 cm³/mol. The van der Waals surface area contributed by atoms with E-state index in [0.717, 1.165) is 138 Å². The average molecular weight is 1920 g/mol. The molecule has 32 heteroatoms. The zero-order valence-electron chi connectivity index (χ0n) is 84.7. The Balaban J connectivity index is 0.000000187. The van der Waals surface area contributed by atoms with Crippen molar-refractivity contribution in [2.75, 3.05) is 33.3 Å². The van der Waals surface area contributed by atoms with Gasteiger partial charge in [-0.05, 0) is 198 Å². The first kappa shape index (κ1) is 107. The van der Waals surface area contributed by atoms with Crippen molar-refractivity contribution in [3.8, 4) is 18.1 Å². The molecule has 8 aliphatic carbocycles. The van der Waals surface area contributed by atoms with Gasteiger partial charge in [-0.25, -0.2) is 14.4 Å². The number of benzene rings is 2. The Hall–Kier alpha value is -11.3. The number of likely N-dealkylation sites (tertiary alicyclic amines) is 3. The van der Waals surface area contributed by atoms with Gasteiger partial charge in [-0.1, -0.05) is 229 Å². The molecule has 0 radical (unpaired) electrons. The number of hydrogen-bond acceptors (Lipinski definition) is 17. The second kappa shape index (κ2) is 43.1. The normalized spacial score (nSPS) is 25.0. The molecule has 0 bridgehead atoms. The Kier molecular flexibility index (Phi) is 33.0. The number of Topliss-reactive ketones (excluding diaryl/α,β-unsaturated/α-hetero) is 3. The molecule has 14 N–H and O–H groups in total. The lowest BCUT2D eigenvalue weighted by atomic mass is 9.77. The van der Waals surface area contributed by atoms with Crippen molar-refractivity contribution in [1.29, 1.82) is 0 Å². The maximum atomic E-state index is 14.5. The van der Waals surface area contributed by atoms with Crippen LogP contribution in [0.5, 0.6) is 5.75 Å². The van der Waals surface area contributed by atoms with Gasteiger partial charge in [0, 0.05) is 61.6 Å². The third kappa shape index (κ3) is 25.6. The van der Waals surface area contributed by atoms with E-state index in [4.69, 9.17) is 22.6 Å². The van der Waals surface area contributed by atoms with Crippen LogP contribution in [0.4, 0.5) is 14.4 Å². The van der Waals surface area contributed by atoms with E-state index in [1.807, 2.05) is 117 Å². The van der Waals surface area contributed by atoms with E-state index in [1.165, 1.54) is 6.08 Å². The number of primary amides is 2. The summed E-state index contributed by atoms with van der Waals surface area (Å²) in [6.07, 6.45) is 30.5. The Morgan fingerprint density at radius 3 is 1.14 bits per heavy atom. The van der Waals surface area contributed by atoms with Gasteiger partial charge in [0.1, 0.15) is 42.0 Å². The third-order valence-electron chi connectivity index (χ3n) is 32.2. The number of pyridine rings is 1. The van der Waals surface area contributed by atoms with Crippen LogP contribution in [-0.2, 0) is 76.8 Å². The number of nitrogens with one attached hydrogen (secondary N) is 10. The number of amides is 15. The molecular formula is C107H154N16O16. The number of nitrogens with two attached hydrogens (primary N) is 2. The summed E-state index contributed by atoms with van der Waals surface area (Å²) in [6, 6.07) is 12.3. The number of aromatic nitrogens is 1. The summed E-state index contributed by atoms with van der Waals surface area (Å²) in [5.41, 5.74) is 10.1. The zero-order valence-corrected chi connectivity index (χ0v) is 84.7. The highest BCUT2D eigenvalue weighted by atomic mass is 16.5. The van der Waals surface area contributed by atoms with Gasteiger partial charge >= 0.3 is 18.1 Å². The first-order chi connectivity index (χ1) is 65.3. The number of nitrogens with zero attached hydrogens (tertiary/aromatic N) is 4. The van der Waals surface area contributed by atoms with E-state index < -0.39 is 153 Å². The summed E-state index contributed by atoms with van der Waals surface area (Å²) < 4.78 is 5.43. The highest BCUT2D eigenvalue weighted by Gasteiger charge is 2.73. The molecule has 1 aromatic heterocycles. The van der Waals surface area contributed by atoms with Crippen LogP contribution >= 0.6 is 0 Å². The molecule has 3 aromatic rings. The van der Waals surface area contributed by atoms with Crippen LogP contribution in [0.15, 0.2) is 91.8 Å². The van der Waals surface area contributed by atoms with Gasteiger partial charge in [0.25, 0.3) is 17.7 Å². The number of ketones is 3. The van der Waals surface area contributed by atoms with Crippen LogP contribution in [-0.4, -0.2) is 213 Å². The minimum absolute atomic E-state index is 0.0702. The van der Waals surface area contributed by atoms with Crippen molar-refractivity contribution in [2.24, 2.45) is 91.3 Å². The molecule has 15 amide bonds. The summed E-state index contributed by atoms with van der Waals surface area (Å²) in [7, 11) is 1.63. The standard InChI is InChI=1S/C39H55N5O6.C34H50N6O5.C34H49N5O5/c1-9-11-18-28(31(45)34(47)40-21-10-2)41-33(46)30-29-27(38(29,6)7)24-44(30)35(48)32(37(3,4)5)42-36(49)43-39(19-13-12-14-20-39)23-25-16-15-17-26(22-25)50-8;1-32(2,3)27(38-31(45)39-34(13-7-6-8-14-34)18-21-11-15-36-16-12-21)30(44)40-19-22-24(33(22,4)5)25(40)29(43)37-23(17-20-9-10-20)26(41)28(35)42;1-32(2,3)27(37-31(44)38-34(15-9-10-16-34)18-21-11-7-6-8-12-21)30(43)39-19-22-24(33(22,4)5)25(39)29(42)36-23(17-20-13-14-20)26(40)28(35)41/h1,10,15-17,22,27-30,32H,2,11-14,18-21,23-24H2,3-8H3,(H,40,47)(H,41,46)(H2,42,43,49);11-12,15-16,20,22-25,27H,6-10,13-14,17-19H2,1-5H3,(H2,35,42)(H,37,43)(H2,38,39,45);6-8,11-12,20,22-25,27H,9-10,13-19H2,1-5H3,(H2,35,41)(H,36,42)(H2,37,38,44)/t27-,28?,29-,30-,32+;2*22-,23?,24-,25-,27+/m000/s1. The molecule has 2 aromatic carbocycles. The minimum Gasteiger partial charge on any atom is -0.497 e. The van der Waals surface area contributed by atoms with Gasteiger partial charge in [-0.15, -0.1) is 18.9 Å². The molecular weight excluding hydrogens is 1770 g/mol. The molecule has 11 aliphatic rings. The van der Waals surface area contributed by atoms with Gasteiger partial charge in [0.05, 0.1) is 25.2 Å². The molecule has 14 rings (SSSR count). The summed E-state index contributed by atoms with van der Waals surface area (Å²) >= 11 is 0. The molecule has 758 valence electrons. The van der Waals surface area contributed by atoms with E-state index in [2.05, 4.69) is 124 Å². The van der Waals surface area contributed by atoms with E-state index in [0.29, 0.717) is 51.7 Å². The third-order valence-corrected chi connectivity index (χ3v) is 32.2. The molecule has 8 saturated carbocycles. The Labute approximate surface area is 820 Å². The second-order valence-electron chi connectivity index (χ2n) is 46.9. The summed E-state index contributed by atoms with van der Waals surface area (Å²) in [5, 5.41) is 29.6. The second-order valence-corrected chi connectivity index (χ2v) is 46.9. The fraction of sp³-hybridized carbons (Fsp3) is 0.664. The van der Waals surface area contributed by atoms with Gasteiger partial charge in [0.15, 0.2) is 0 Å². The van der Waals surface area contributed by atoms with Crippen molar-refractivity contribution >= 4 is 88.6 Å². The van der Waals surface area contributed by atoms with Crippen molar-refractivity contribution in [3.63, 3.8) is 0 Å². The molecule has 15 atom stereocenters. The highest BCUT2D eigenvalue weighted by Crippen LogP contribution is 2.67. The quantitative estimate of drug-likeness (QED) is 0.0146. The van der Waals surface area contributed by atoms with Gasteiger partial charge < -0.3 is 84.1 Å². The number of ether oxygens (including phenoxy) is 1. The highest BCUT2D eigenvalue weighted by molar-refractivity contribution is 6.39. The van der Waals surface area contributed by atoms with E-state index in [-0.39, 0.29) is 106 Å². The lowest BCUT2D eigenvalue weighted by molar-refractivity contribution is -0.145. The molecule has 4 heterocycles. The number of terminal acetylenes is 1. The first-order valence-electron chi connectivity index (χ1n) is 50.5. The smallest absolute Gasteiger partial charge is 0.315 e. The Morgan fingerprint density at radius 1 is 0.468 bits per heavy atom. The van der Waals surface area contributed by atoms with Crippen LogP contribution in [0.1, 0.15) is 262 Å². The molecule has 3 unspecified atom stereocenters. The number of fused-ring (bicyclic) bond motifs is 3. The SMILES string of the molecule is C#CCCC(NC(=O)[C@@H]1[C@@H]2[C@H](CN1C(=O)[C@@H](NC(=O)NC1(Cc3cccc(OC)c3)CCCCC1)C(C)(C)C)C2(C)C)C(=O)C(=O)NCC=C.CC(C)(C)[C@H](NC(=O)NC1(Cc2ccccc2)CCCC1)C(=O)N1C[C@H]2[C@@H]([C@H]1C(=O)NC(CC1CC1)C(=O)C(N)=O)C2(C)C.CC(C)(C)[C@H](NC(=O)NC1(Cc2ccncc2)CCCCC1)C(=O)N1C[C@H]2[C@@H]([C@H]1C(=O)NC(CC1CC1)C(=O)C(N)=O)C2(C)C. The van der Waals surface area contributed by atoms with Gasteiger partial charge in [-0.2, -0.15) is 0 Å². The van der Waals surface area contributed by atoms with Crippen LogP contribution in [0, 0.1) is 92.2 Å². The molecule has 0 spiro atoms. The number of carbonyl (C=O) groups excluding carboxylic acids is 15. The number of rotatable bonds is 36. The maximum absolute atomic E-state index is 14.5. The van der Waals surface area contributed by atoms with Crippen LogP contribution in [0.2, 0.25) is 0 Å². The molecule has 139 heavy (non-hydrogen) atoms. The summed E-state index contributed by atoms with van der Waals surface area (Å²) in [5.74, 6) is -4.10. The topological polar surface area (TPSA) is 460 Å². The van der Waals surface area contributed by atoms with Crippen LogP contribution < -0.4 is 69.4 Å². The fourth-order valence-corrected chi connectivity index (χ4v) is 23.6. The fourth-order valence-electron chi connectivity index (χ4n) is 23.6. The van der Waals surface area contributed by atoms with Crippen molar-refractivity contribution in [2.45, 2.75) is 335 Å². The Bertz CT molecular complexity index is 5100. The lowest BCUT2D eigenvalue weighted by Crippen LogP contribution is -2.63. The minimum atomic E-state index is -1.15. The van der Waals surface area contributed by atoms with Gasteiger partial charge in [-0.3, -0.25) is 62.5 Å². The number of urea groups is 3. The van der Waals surface area contributed by atoms with Gasteiger partial charge in [0.2, 0.25) is 52.8 Å². The molecule has 3 saturated heterocycles. The van der Waals surface area contributed by atoms with Crippen molar-refractivity contribution < 1.29 is 76.7 Å². The number of methoxy groups -OCH3 is 1. The number of hydrogen-bond donors (Lipinski definition) is 12. The largest absolute Gasteiger partial charge is 0.497 e. The Morgan fingerprint density at radius 2 is 0.806 bits per heavy atom. The average Bonchev–Trinajstić information content (AvgIpc) is 1.53. The van der Waals surface area contributed by atoms with Crippen LogP contribution in [0.25, 0.3) is 0 Å². The van der Waals surface area contributed by atoms with E-state index in [1.54, 1.807) is 34.2 Å². The van der Waals surface area contributed by atoms with E-state index >= 15 is 0 Å². The molecule has 32 nitrogen and oxygen atoms in total. The maximum Gasteiger partial charge on any atom is 0.315 e. The van der Waals surface area contributed by atoms with Crippen molar-refractivity contribution in [1.82, 2.24) is 72.9 Å². The van der Waals surface area contributed by atoms with Crippen molar-refractivity contribution in [3.05, 3.63) is 108 Å². The molecule has 11 fully saturated rings. The monoisotopic (exact) mass is 1920 g/mol. The van der Waals surface area contributed by atoms with E-state index in [9.17, 15) is 71.9 Å². The number of carbonyl (C=O) groups is 15. The summed E-state index contributed by atoms with van der Waals surface area (Å²) in [6.45, 7) is 34.3. The summed E-state index contributed by atoms with van der Waals surface area (Å²) in [4.78, 5) is 209. The van der Waals surface area contributed by atoms with Crippen LogP contribution in [0.3, 0.4) is 0 Å². The number of piperidine rings is 3. The predicted octanol–water partition coefficient (Wildman–Crippen LogP) is 9.85. The first-order valence-corrected chi connectivity index (χ1v) is 50.5. The lowest BCUT2D eigenvalue weighted by Gasteiger charge is -2.41.